The third-order valence-electron chi connectivity index (χ3n) is 5.00. The normalized spacial score (nSPS) is 16.0. The number of benzene rings is 2. The van der Waals surface area contributed by atoms with E-state index in [2.05, 4.69) is 5.32 Å². The van der Waals surface area contributed by atoms with E-state index < -0.39 is 0 Å². The Morgan fingerprint density at radius 3 is 2.35 bits per heavy atom. The third-order valence-corrected chi connectivity index (χ3v) is 5.00. The van der Waals surface area contributed by atoms with Gasteiger partial charge in [0.25, 0.3) is 5.91 Å². The molecule has 0 bridgehead atoms. The molecule has 1 amide bonds. The van der Waals surface area contributed by atoms with Gasteiger partial charge in [-0.3, -0.25) is 4.79 Å². The highest BCUT2D eigenvalue weighted by atomic mass is 19.1. The van der Waals surface area contributed by atoms with E-state index in [9.17, 15) is 9.18 Å². The van der Waals surface area contributed by atoms with Crippen LogP contribution in [0.1, 0.15) is 30.9 Å². The molecule has 26 heavy (non-hydrogen) atoms. The summed E-state index contributed by atoms with van der Waals surface area (Å²) in [5, 5.41) is 3.03. The van der Waals surface area contributed by atoms with Gasteiger partial charge in [-0.2, -0.15) is 0 Å². The molecule has 1 unspecified atom stereocenters. The number of hydrogen-bond acceptors (Lipinski definition) is 2. The van der Waals surface area contributed by atoms with E-state index in [1.807, 2.05) is 31.2 Å². The number of ether oxygens (including phenoxy) is 1. The molecule has 2 aromatic rings. The first-order valence-corrected chi connectivity index (χ1v) is 9.07. The van der Waals surface area contributed by atoms with Crippen LogP contribution in [0.15, 0.2) is 48.5 Å². The van der Waals surface area contributed by atoms with E-state index in [-0.39, 0.29) is 17.8 Å². The average molecular weight is 357 g/mol. The van der Waals surface area contributed by atoms with Crippen molar-refractivity contribution in [1.29, 1.82) is 0 Å². The lowest BCUT2D eigenvalue weighted by Gasteiger charge is -2.25. The van der Waals surface area contributed by atoms with Gasteiger partial charge in [-0.1, -0.05) is 24.3 Å². The summed E-state index contributed by atoms with van der Waals surface area (Å²) in [4.78, 5) is 13.9. The van der Waals surface area contributed by atoms with Gasteiger partial charge in [0.05, 0.1) is 13.2 Å². The van der Waals surface area contributed by atoms with Crippen LogP contribution in [0.3, 0.4) is 0 Å². The van der Waals surface area contributed by atoms with Gasteiger partial charge in [-0.25, -0.2) is 4.39 Å². The predicted octanol–water partition coefficient (Wildman–Crippen LogP) is 2.09. The van der Waals surface area contributed by atoms with Gasteiger partial charge in [0.1, 0.15) is 18.1 Å². The van der Waals surface area contributed by atoms with Crippen LogP contribution in [0.4, 0.5) is 4.39 Å². The predicted molar refractivity (Wildman–Crippen MR) is 98.4 cm³/mol. The van der Waals surface area contributed by atoms with Crippen molar-refractivity contribution < 1.29 is 18.8 Å². The maximum Gasteiger partial charge on any atom is 0.278 e. The quantitative estimate of drug-likeness (QED) is 0.760. The van der Waals surface area contributed by atoms with Crippen molar-refractivity contribution in [3.63, 3.8) is 0 Å². The Hall–Kier alpha value is -2.40. The minimum Gasteiger partial charge on any atom is -0.497 e. The zero-order valence-corrected chi connectivity index (χ0v) is 15.3. The minimum absolute atomic E-state index is 0.0461. The van der Waals surface area contributed by atoms with E-state index >= 15 is 0 Å². The molecule has 2 atom stereocenters. The summed E-state index contributed by atoms with van der Waals surface area (Å²) in [6.45, 7) is 3.21. The average Bonchev–Trinajstić information content (AvgIpc) is 3.50. The van der Waals surface area contributed by atoms with E-state index in [4.69, 9.17) is 4.74 Å². The van der Waals surface area contributed by atoms with Crippen molar-refractivity contribution >= 4 is 5.91 Å². The maximum absolute atomic E-state index is 13.1. The number of quaternary nitrogens is 1. The third kappa shape index (κ3) is 4.82. The number of nitrogens with one attached hydrogen (secondary N) is 2. The van der Waals surface area contributed by atoms with E-state index in [1.54, 1.807) is 19.2 Å². The first-order valence-electron chi connectivity index (χ1n) is 9.07. The Morgan fingerprint density at radius 2 is 1.77 bits per heavy atom. The molecule has 2 aromatic carbocycles. The van der Waals surface area contributed by atoms with Gasteiger partial charge in [0, 0.05) is 24.9 Å². The Kier molecular flexibility index (Phi) is 5.89. The number of halogens is 1. The molecule has 1 aliphatic rings. The fraction of sp³-hybridized carbons (Fsp3) is 0.381. The standard InChI is InChI=1S/C21H25FN2O2/c1-15(21(25)23-13-16-5-11-20(26-2)12-6-16)24(19-9-10-19)14-17-3-7-18(22)8-4-17/h3-8,11-12,15,19H,9-10,13-14H2,1-2H3,(H,23,25)/p+1/t15-/m1/s1. The first kappa shape index (κ1) is 18.4. The fourth-order valence-electron chi connectivity index (χ4n) is 3.20. The van der Waals surface area contributed by atoms with Crippen molar-refractivity contribution in [1.82, 2.24) is 5.32 Å². The molecule has 5 heteroatoms. The molecule has 138 valence electrons. The van der Waals surface area contributed by atoms with Crippen LogP contribution in [-0.4, -0.2) is 25.1 Å². The van der Waals surface area contributed by atoms with Crippen LogP contribution in [0.25, 0.3) is 0 Å². The lowest BCUT2D eigenvalue weighted by Crippen LogP contribution is -3.16. The molecule has 1 aliphatic carbocycles. The van der Waals surface area contributed by atoms with Crippen LogP contribution in [0.5, 0.6) is 5.75 Å². The topological polar surface area (TPSA) is 42.8 Å². The van der Waals surface area contributed by atoms with E-state index in [0.717, 1.165) is 36.3 Å². The van der Waals surface area contributed by atoms with Crippen molar-refractivity contribution in [2.45, 2.75) is 44.9 Å². The maximum atomic E-state index is 13.1. The summed E-state index contributed by atoms with van der Waals surface area (Å²) >= 11 is 0. The Balaban J connectivity index is 1.58. The molecular formula is C21H26FN2O2+. The van der Waals surface area contributed by atoms with Gasteiger partial charge < -0.3 is 15.0 Å². The van der Waals surface area contributed by atoms with Crippen LogP contribution in [-0.2, 0) is 17.9 Å². The number of methoxy groups -OCH3 is 1. The Morgan fingerprint density at radius 1 is 1.15 bits per heavy atom. The lowest BCUT2D eigenvalue weighted by molar-refractivity contribution is -0.938. The molecular weight excluding hydrogens is 331 g/mol. The molecule has 0 radical (unpaired) electrons. The molecule has 3 rings (SSSR count). The summed E-state index contributed by atoms with van der Waals surface area (Å²) in [6, 6.07) is 14.6. The summed E-state index contributed by atoms with van der Waals surface area (Å²) in [7, 11) is 1.63. The van der Waals surface area contributed by atoms with Gasteiger partial charge >= 0.3 is 0 Å². The van der Waals surface area contributed by atoms with E-state index in [0.29, 0.717) is 12.6 Å². The molecule has 0 aliphatic heterocycles. The lowest BCUT2D eigenvalue weighted by atomic mass is 10.1. The fourth-order valence-corrected chi connectivity index (χ4v) is 3.20. The molecule has 0 saturated heterocycles. The van der Waals surface area contributed by atoms with Crippen LogP contribution in [0, 0.1) is 5.82 Å². The number of hydrogen-bond donors (Lipinski definition) is 2. The second kappa shape index (κ2) is 8.32. The summed E-state index contributed by atoms with van der Waals surface area (Å²) in [5.41, 5.74) is 2.10. The summed E-state index contributed by atoms with van der Waals surface area (Å²) in [6.07, 6.45) is 2.29. The molecule has 2 N–H and O–H groups in total. The molecule has 4 nitrogen and oxygen atoms in total. The second-order valence-corrected chi connectivity index (χ2v) is 6.94. The zero-order chi connectivity index (χ0) is 18.5. The molecule has 0 aromatic heterocycles. The summed E-state index contributed by atoms with van der Waals surface area (Å²) < 4.78 is 18.3. The second-order valence-electron chi connectivity index (χ2n) is 6.94. The molecule has 1 saturated carbocycles. The Bertz CT molecular complexity index is 727. The van der Waals surface area contributed by atoms with E-state index in [1.165, 1.54) is 17.0 Å². The summed E-state index contributed by atoms with van der Waals surface area (Å²) in [5.74, 6) is 0.619. The number of rotatable bonds is 8. The van der Waals surface area contributed by atoms with Crippen LogP contribution < -0.4 is 15.0 Å². The smallest absolute Gasteiger partial charge is 0.278 e. The number of amides is 1. The van der Waals surface area contributed by atoms with Crippen molar-refractivity contribution in [3.05, 3.63) is 65.5 Å². The number of carbonyl (C=O) groups excluding carboxylic acids is 1. The van der Waals surface area contributed by atoms with Gasteiger partial charge in [0.2, 0.25) is 0 Å². The zero-order valence-electron chi connectivity index (χ0n) is 15.3. The SMILES string of the molecule is COc1ccc(CNC(=O)[C@@H](C)[NH+](Cc2ccc(F)cc2)C2CC2)cc1. The van der Waals surface area contributed by atoms with Crippen LogP contribution in [0.2, 0.25) is 0 Å². The molecule has 1 fully saturated rings. The van der Waals surface area contributed by atoms with Crippen molar-refractivity contribution in [2.24, 2.45) is 0 Å². The van der Waals surface area contributed by atoms with Gasteiger partial charge in [0.15, 0.2) is 6.04 Å². The van der Waals surface area contributed by atoms with Crippen molar-refractivity contribution in [2.75, 3.05) is 7.11 Å². The largest absolute Gasteiger partial charge is 0.497 e. The number of carbonyl (C=O) groups is 1. The molecule has 0 spiro atoms. The first-order chi connectivity index (χ1) is 12.6. The monoisotopic (exact) mass is 357 g/mol. The highest BCUT2D eigenvalue weighted by molar-refractivity contribution is 5.79. The van der Waals surface area contributed by atoms with Crippen LogP contribution >= 0.6 is 0 Å². The van der Waals surface area contributed by atoms with Gasteiger partial charge in [-0.15, -0.1) is 0 Å². The highest BCUT2D eigenvalue weighted by Gasteiger charge is 2.39. The highest BCUT2D eigenvalue weighted by Crippen LogP contribution is 2.17. The van der Waals surface area contributed by atoms with Gasteiger partial charge in [-0.05, 0) is 36.8 Å². The Labute approximate surface area is 154 Å². The molecule has 0 heterocycles. The minimum atomic E-state index is -0.230. The van der Waals surface area contributed by atoms with Crippen molar-refractivity contribution in [3.8, 4) is 5.75 Å².